The van der Waals surface area contributed by atoms with Crippen LogP contribution in [0.15, 0.2) is 0 Å². The topological polar surface area (TPSA) is 44.0 Å². The zero-order valence-electron chi connectivity index (χ0n) is 7.09. The molecule has 12 heavy (non-hydrogen) atoms. The molecule has 2 nitrogen and oxygen atoms in total. The fourth-order valence-corrected chi connectivity index (χ4v) is 1.92. The van der Waals surface area contributed by atoms with Crippen molar-refractivity contribution < 1.29 is 9.50 Å². The Bertz CT molecular complexity index is 181. The zero-order chi connectivity index (χ0) is 9.03. The summed E-state index contributed by atoms with van der Waals surface area (Å²) in [6.45, 7) is -0.733. The van der Waals surface area contributed by atoms with E-state index in [0.717, 1.165) is 25.7 Å². The minimum Gasteiger partial charge on any atom is -0.390 e. The SMILES string of the molecule is N#CC1(CC(O)CF)CCCC1. The van der Waals surface area contributed by atoms with E-state index in [-0.39, 0.29) is 0 Å². The van der Waals surface area contributed by atoms with Gasteiger partial charge in [0.2, 0.25) is 0 Å². The Hall–Kier alpha value is -0.620. The minimum atomic E-state index is -0.942. The lowest BCUT2D eigenvalue weighted by Crippen LogP contribution is -2.23. The third-order valence-electron chi connectivity index (χ3n) is 2.60. The molecule has 0 aromatic rings. The van der Waals surface area contributed by atoms with Gasteiger partial charge in [0.05, 0.1) is 17.6 Å². The Balaban J connectivity index is 2.51. The average molecular weight is 171 g/mol. The van der Waals surface area contributed by atoms with Gasteiger partial charge in [0, 0.05) is 0 Å². The Morgan fingerprint density at radius 1 is 1.50 bits per heavy atom. The fourth-order valence-electron chi connectivity index (χ4n) is 1.92. The van der Waals surface area contributed by atoms with Crippen LogP contribution in [0.25, 0.3) is 0 Å². The molecule has 1 atom stereocenters. The predicted molar refractivity (Wildman–Crippen MR) is 43.1 cm³/mol. The first-order chi connectivity index (χ1) is 5.72. The van der Waals surface area contributed by atoms with Gasteiger partial charge in [-0.1, -0.05) is 12.8 Å². The van der Waals surface area contributed by atoms with Crippen molar-refractivity contribution in [3.63, 3.8) is 0 Å². The molecule has 0 heterocycles. The molecular weight excluding hydrogens is 157 g/mol. The van der Waals surface area contributed by atoms with Crippen molar-refractivity contribution in [1.82, 2.24) is 0 Å². The average Bonchev–Trinajstić information content (AvgIpc) is 2.54. The Labute approximate surface area is 72.0 Å². The molecular formula is C9H14FNO. The number of aliphatic hydroxyl groups is 1. The van der Waals surface area contributed by atoms with Crippen molar-refractivity contribution in [1.29, 1.82) is 5.26 Å². The highest BCUT2D eigenvalue weighted by Gasteiger charge is 2.35. The van der Waals surface area contributed by atoms with E-state index >= 15 is 0 Å². The van der Waals surface area contributed by atoms with Gasteiger partial charge in [-0.05, 0) is 19.3 Å². The zero-order valence-corrected chi connectivity index (χ0v) is 7.09. The molecule has 0 spiro atoms. The molecule has 0 aromatic heterocycles. The van der Waals surface area contributed by atoms with Crippen molar-refractivity contribution in [3.8, 4) is 6.07 Å². The molecule has 1 fully saturated rings. The quantitative estimate of drug-likeness (QED) is 0.703. The molecule has 1 saturated carbocycles. The summed E-state index contributed by atoms with van der Waals surface area (Å²) in [6.07, 6.45) is 3.07. The van der Waals surface area contributed by atoms with Crippen molar-refractivity contribution in [2.24, 2.45) is 5.41 Å². The highest BCUT2D eigenvalue weighted by atomic mass is 19.1. The second-order valence-electron chi connectivity index (χ2n) is 3.61. The van der Waals surface area contributed by atoms with Crippen molar-refractivity contribution in [2.75, 3.05) is 6.67 Å². The lowest BCUT2D eigenvalue weighted by molar-refractivity contribution is 0.0966. The molecule has 1 aliphatic rings. The van der Waals surface area contributed by atoms with Gasteiger partial charge in [0.15, 0.2) is 0 Å². The lowest BCUT2D eigenvalue weighted by atomic mass is 9.82. The lowest BCUT2D eigenvalue weighted by Gasteiger charge is -2.21. The molecule has 0 saturated heterocycles. The van der Waals surface area contributed by atoms with Gasteiger partial charge in [-0.2, -0.15) is 5.26 Å². The Morgan fingerprint density at radius 2 is 2.08 bits per heavy atom. The van der Waals surface area contributed by atoms with E-state index in [9.17, 15) is 4.39 Å². The van der Waals surface area contributed by atoms with E-state index in [2.05, 4.69) is 6.07 Å². The number of hydrogen-bond acceptors (Lipinski definition) is 2. The highest BCUT2D eigenvalue weighted by molar-refractivity contribution is 5.02. The number of halogens is 1. The third-order valence-corrected chi connectivity index (χ3v) is 2.60. The molecule has 68 valence electrons. The largest absolute Gasteiger partial charge is 0.390 e. The van der Waals surface area contributed by atoms with Gasteiger partial charge in [0.1, 0.15) is 6.67 Å². The van der Waals surface area contributed by atoms with Gasteiger partial charge in [0.25, 0.3) is 0 Å². The number of nitrogens with zero attached hydrogens (tertiary/aromatic N) is 1. The molecule has 3 heteroatoms. The number of rotatable bonds is 3. The van der Waals surface area contributed by atoms with E-state index in [1.54, 1.807) is 0 Å². The molecule has 0 amide bonds. The van der Waals surface area contributed by atoms with E-state index < -0.39 is 18.2 Å². The van der Waals surface area contributed by atoms with Crippen LogP contribution in [0.1, 0.15) is 32.1 Å². The summed E-state index contributed by atoms with van der Waals surface area (Å²) in [5.41, 5.74) is -0.425. The maximum Gasteiger partial charge on any atom is 0.115 e. The monoisotopic (exact) mass is 171 g/mol. The molecule has 1 N–H and O–H groups in total. The molecule has 0 radical (unpaired) electrons. The number of hydrogen-bond donors (Lipinski definition) is 1. The summed E-state index contributed by atoms with van der Waals surface area (Å²) < 4.78 is 12.0. The summed E-state index contributed by atoms with van der Waals surface area (Å²) in [7, 11) is 0. The molecule has 0 bridgehead atoms. The summed E-state index contributed by atoms with van der Waals surface area (Å²) in [5, 5.41) is 18.0. The molecule has 1 rings (SSSR count). The highest BCUT2D eigenvalue weighted by Crippen LogP contribution is 2.41. The summed E-state index contributed by atoms with van der Waals surface area (Å²) in [5.74, 6) is 0. The molecule has 1 aliphatic carbocycles. The van der Waals surface area contributed by atoms with Crippen molar-refractivity contribution in [2.45, 2.75) is 38.2 Å². The standard InChI is InChI=1S/C9H14FNO/c10-6-8(12)5-9(7-11)3-1-2-4-9/h8,12H,1-6H2. The maximum absolute atomic E-state index is 12.0. The second kappa shape index (κ2) is 3.86. The molecule has 0 aromatic carbocycles. The van der Waals surface area contributed by atoms with Gasteiger partial charge in [-0.3, -0.25) is 0 Å². The normalized spacial score (nSPS) is 23.4. The Morgan fingerprint density at radius 3 is 2.50 bits per heavy atom. The van der Waals surface area contributed by atoms with Gasteiger partial charge in [-0.15, -0.1) is 0 Å². The fraction of sp³-hybridized carbons (Fsp3) is 0.889. The van der Waals surface area contributed by atoms with Crippen molar-refractivity contribution in [3.05, 3.63) is 0 Å². The molecule has 1 unspecified atom stereocenters. The summed E-state index contributed by atoms with van der Waals surface area (Å²) >= 11 is 0. The predicted octanol–water partition coefficient (Wildman–Crippen LogP) is 1.79. The maximum atomic E-state index is 12.0. The van der Waals surface area contributed by atoms with Crippen molar-refractivity contribution >= 4 is 0 Å². The van der Waals surface area contributed by atoms with E-state index in [1.807, 2.05) is 0 Å². The first kappa shape index (κ1) is 9.47. The van der Waals surface area contributed by atoms with Crippen LogP contribution in [0, 0.1) is 16.7 Å². The van der Waals surface area contributed by atoms with Crippen LogP contribution < -0.4 is 0 Å². The van der Waals surface area contributed by atoms with Gasteiger partial charge >= 0.3 is 0 Å². The van der Waals surface area contributed by atoms with Crippen LogP contribution in [0.3, 0.4) is 0 Å². The van der Waals surface area contributed by atoms with Crippen LogP contribution in [0.2, 0.25) is 0 Å². The Kier molecular flexibility index (Phi) is 3.05. The van der Waals surface area contributed by atoms with Crippen LogP contribution >= 0.6 is 0 Å². The number of aliphatic hydroxyl groups excluding tert-OH is 1. The van der Waals surface area contributed by atoms with E-state index in [1.165, 1.54) is 0 Å². The summed E-state index contributed by atoms with van der Waals surface area (Å²) in [6, 6.07) is 2.22. The van der Waals surface area contributed by atoms with E-state index in [4.69, 9.17) is 10.4 Å². The summed E-state index contributed by atoms with van der Waals surface area (Å²) in [4.78, 5) is 0. The van der Waals surface area contributed by atoms with Crippen LogP contribution in [0.4, 0.5) is 4.39 Å². The number of alkyl halides is 1. The first-order valence-corrected chi connectivity index (χ1v) is 4.38. The molecule has 0 aliphatic heterocycles. The first-order valence-electron chi connectivity index (χ1n) is 4.38. The minimum absolute atomic E-state index is 0.306. The van der Waals surface area contributed by atoms with Crippen LogP contribution in [-0.4, -0.2) is 17.9 Å². The second-order valence-corrected chi connectivity index (χ2v) is 3.61. The number of nitriles is 1. The van der Waals surface area contributed by atoms with E-state index in [0.29, 0.717) is 6.42 Å². The van der Waals surface area contributed by atoms with Gasteiger partial charge in [-0.25, -0.2) is 4.39 Å². The van der Waals surface area contributed by atoms with Crippen LogP contribution in [0.5, 0.6) is 0 Å². The third kappa shape index (κ3) is 1.95. The smallest absolute Gasteiger partial charge is 0.115 e. The van der Waals surface area contributed by atoms with Gasteiger partial charge < -0.3 is 5.11 Å². The van der Waals surface area contributed by atoms with Crippen LogP contribution in [-0.2, 0) is 0 Å².